The van der Waals surface area contributed by atoms with Gasteiger partial charge in [0.1, 0.15) is 11.6 Å². The molecule has 0 bridgehead atoms. The molecule has 3 nitrogen and oxygen atoms in total. The van der Waals surface area contributed by atoms with Crippen LogP contribution in [-0.4, -0.2) is 18.1 Å². The molecule has 21 heavy (non-hydrogen) atoms. The minimum Gasteiger partial charge on any atom is -0.497 e. The van der Waals surface area contributed by atoms with Gasteiger partial charge in [0.05, 0.1) is 7.11 Å². The summed E-state index contributed by atoms with van der Waals surface area (Å²) in [5, 5.41) is 6.07. The van der Waals surface area contributed by atoms with Crippen LogP contribution >= 0.6 is 0 Å². The van der Waals surface area contributed by atoms with Crippen LogP contribution in [0.2, 0.25) is 0 Å². The van der Waals surface area contributed by atoms with Gasteiger partial charge in [-0.1, -0.05) is 26.2 Å². The number of nitrogens with zero attached hydrogens (tertiary/aromatic N) is 1. The summed E-state index contributed by atoms with van der Waals surface area (Å²) in [6.45, 7) is 2.30. The number of rotatable bonds is 4. The largest absolute Gasteiger partial charge is 0.497 e. The second kappa shape index (κ2) is 6.33. The van der Waals surface area contributed by atoms with Gasteiger partial charge in [0.2, 0.25) is 0 Å². The number of methoxy groups -OCH3 is 1. The fourth-order valence-electron chi connectivity index (χ4n) is 3.46. The molecule has 1 aromatic heterocycles. The smallest absolute Gasteiger partial charge is 0.134 e. The Morgan fingerprint density at radius 1 is 1.24 bits per heavy atom. The van der Waals surface area contributed by atoms with E-state index in [-0.39, 0.29) is 0 Å². The van der Waals surface area contributed by atoms with E-state index in [1.54, 1.807) is 7.11 Å². The summed E-state index contributed by atoms with van der Waals surface area (Å²) >= 11 is 0. The summed E-state index contributed by atoms with van der Waals surface area (Å²) in [6.07, 6.45) is 8.42. The lowest BCUT2D eigenvalue weighted by Crippen LogP contribution is -2.32. The Balaban J connectivity index is 1.89. The molecule has 0 spiro atoms. The van der Waals surface area contributed by atoms with E-state index >= 15 is 0 Å². The van der Waals surface area contributed by atoms with Crippen LogP contribution in [-0.2, 0) is 0 Å². The maximum Gasteiger partial charge on any atom is 0.134 e. The van der Waals surface area contributed by atoms with Crippen LogP contribution in [0.25, 0.3) is 10.8 Å². The van der Waals surface area contributed by atoms with Gasteiger partial charge in [0.25, 0.3) is 0 Å². The first-order valence-corrected chi connectivity index (χ1v) is 8.01. The Morgan fingerprint density at radius 3 is 2.90 bits per heavy atom. The average Bonchev–Trinajstić information content (AvgIpc) is 2.55. The number of ether oxygens (including phenoxy) is 1. The predicted octanol–water partition coefficient (Wildman–Crippen LogP) is 4.62. The molecule has 2 aromatic rings. The number of aromatic nitrogens is 1. The van der Waals surface area contributed by atoms with Crippen molar-refractivity contribution in [1.82, 2.24) is 4.98 Å². The number of nitrogens with one attached hydrogen (secondary N) is 1. The molecular weight excluding hydrogens is 260 g/mol. The van der Waals surface area contributed by atoms with Crippen molar-refractivity contribution in [3.63, 3.8) is 0 Å². The zero-order valence-corrected chi connectivity index (χ0v) is 12.9. The molecule has 3 heteroatoms. The van der Waals surface area contributed by atoms with Gasteiger partial charge in [-0.15, -0.1) is 0 Å². The third-order valence-electron chi connectivity index (χ3n) is 4.73. The lowest BCUT2D eigenvalue weighted by atomic mass is 9.83. The normalized spacial score (nSPS) is 22.2. The minimum absolute atomic E-state index is 0.559. The van der Waals surface area contributed by atoms with Crippen LogP contribution in [0.15, 0.2) is 30.5 Å². The van der Waals surface area contributed by atoms with E-state index in [0.717, 1.165) is 17.5 Å². The number of hydrogen-bond acceptors (Lipinski definition) is 3. The Bertz CT molecular complexity index is 611. The second-order valence-electron chi connectivity index (χ2n) is 5.95. The lowest BCUT2D eigenvalue weighted by molar-refractivity contribution is 0.317. The molecule has 1 N–H and O–H groups in total. The first-order valence-electron chi connectivity index (χ1n) is 8.01. The predicted molar refractivity (Wildman–Crippen MR) is 88.0 cm³/mol. The van der Waals surface area contributed by atoms with Crippen molar-refractivity contribution in [2.45, 2.75) is 45.1 Å². The number of pyridine rings is 1. The molecular formula is C18H24N2O. The van der Waals surface area contributed by atoms with Crippen LogP contribution in [0.5, 0.6) is 5.75 Å². The third kappa shape index (κ3) is 2.97. The minimum atomic E-state index is 0.559. The molecule has 2 atom stereocenters. The molecule has 0 radical (unpaired) electrons. The van der Waals surface area contributed by atoms with E-state index < -0.39 is 0 Å². The van der Waals surface area contributed by atoms with Crippen LogP contribution in [0.1, 0.15) is 39.0 Å². The van der Waals surface area contributed by atoms with E-state index in [1.165, 1.54) is 42.9 Å². The molecule has 2 unspecified atom stereocenters. The van der Waals surface area contributed by atoms with Crippen molar-refractivity contribution in [1.29, 1.82) is 0 Å². The lowest BCUT2D eigenvalue weighted by Gasteiger charge is -2.32. The van der Waals surface area contributed by atoms with Gasteiger partial charge in [-0.2, -0.15) is 0 Å². The summed E-state index contributed by atoms with van der Waals surface area (Å²) < 4.78 is 5.31. The maximum atomic E-state index is 5.31. The summed E-state index contributed by atoms with van der Waals surface area (Å²) in [4.78, 5) is 4.57. The molecule has 1 fully saturated rings. The van der Waals surface area contributed by atoms with Crippen LogP contribution < -0.4 is 10.1 Å². The third-order valence-corrected chi connectivity index (χ3v) is 4.73. The summed E-state index contributed by atoms with van der Waals surface area (Å²) in [5.41, 5.74) is 0. The zero-order valence-electron chi connectivity index (χ0n) is 12.9. The Hall–Kier alpha value is -1.77. The van der Waals surface area contributed by atoms with Crippen molar-refractivity contribution in [3.05, 3.63) is 30.5 Å². The number of anilines is 1. The van der Waals surface area contributed by atoms with E-state index in [2.05, 4.69) is 29.4 Å². The standard InChI is InChI=1S/C18H24N2O/c1-3-13-6-4-5-7-17(13)20-18-16-9-8-15(21-2)12-14(16)10-11-19-18/h8-13,17H,3-7H2,1-2H3,(H,19,20). The Labute approximate surface area is 126 Å². The van der Waals surface area contributed by atoms with Crippen molar-refractivity contribution in [2.24, 2.45) is 5.92 Å². The van der Waals surface area contributed by atoms with Crippen molar-refractivity contribution < 1.29 is 4.74 Å². The number of hydrogen-bond donors (Lipinski definition) is 1. The monoisotopic (exact) mass is 284 g/mol. The maximum absolute atomic E-state index is 5.31. The van der Waals surface area contributed by atoms with Gasteiger partial charge in [-0.3, -0.25) is 0 Å². The first kappa shape index (κ1) is 14.2. The SMILES string of the molecule is CCC1CCCCC1Nc1nccc2cc(OC)ccc12. The molecule has 1 aliphatic carbocycles. The second-order valence-corrected chi connectivity index (χ2v) is 5.95. The average molecular weight is 284 g/mol. The van der Waals surface area contributed by atoms with Crippen LogP contribution in [0, 0.1) is 5.92 Å². The highest BCUT2D eigenvalue weighted by molar-refractivity contribution is 5.92. The Morgan fingerprint density at radius 2 is 2.10 bits per heavy atom. The van der Waals surface area contributed by atoms with Gasteiger partial charge >= 0.3 is 0 Å². The van der Waals surface area contributed by atoms with E-state index in [0.29, 0.717) is 6.04 Å². The van der Waals surface area contributed by atoms with Gasteiger partial charge < -0.3 is 10.1 Å². The number of fused-ring (bicyclic) bond motifs is 1. The van der Waals surface area contributed by atoms with Crippen LogP contribution in [0.3, 0.4) is 0 Å². The van der Waals surface area contributed by atoms with Crippen molar-refractivity contribution in [3.8, 4) is 5.75 Å². The molecule has 1 aliphatic rings. The zero-order chi connectivity index (χ0) is 14.7. The summed E-state index contributed by atoms with van der Waals surface area (Å²) in [7, 11) is 1.70. The van der Waals surface area contributed by atoms with E-state index in [9.17, 15) is 0 Å². The molecule has 0 amide bonds. The van der Waals surface area contributed by atoms with E-state index in [1.807, 2.05) is 18.3 Å². The molecule has 1 saturated carbocycles. The molecule has 3 rings (SSSR count). The molecule has 112 valence electrons. The molecule has 0 saturated heterocycles. The fraction of sp³-hybridized carbons (Fsp3) is 0.500. The van der Waals surface area contributed by atoms with Gasteiger partial charge in [-0.05, 0) is 48.4 Å². The molecule has 1 aromatic carbocycles. The number of benzene rings is 1. The first-order chi connectivity index (χ1) is 10.3. The fourth-order valence-corrected chi connectivity index (χ4v) is 3.46. The van der Waals surface area contributed by atoms with Gasteiger partial charge in [-0.25, -0.2) is 4.98 Å². The van der Waals surface area contributed by atoms with E-state index in [4.69, 9.17) is 4.74 Å². The highest BCUT2D eigenvalue weighted by Crippen LogP contribution is 2.31. The van der Waals surface area contributed by atoms with Crippen molar-refractivity contribution in [2.75, 3.05) is 12.4 Å². The highest BCUT2D eigenvalue weighted by Gasteiger charge is 2.24. The molecule has 0 aliphatic heterocycles. The van der Waals surface area contributed by atoms with Crippen LogP contribution in [0.4, 0.5) is 5.82 Å². The van der Waals surface area contributed by atoms with Gasteiger partial charge in [0, 0.05) is 17.6 Å². The molecule has 1 heterocycles. The quantitative estimate of drug-likeness (QED) is 0.889. The topological polar surface area (TPSA) is 34.2 Å². The summed E-state index contributed by atoms with van der Waals surface area (Å²) in [5.74, 6) is 2.68. The highest BCUT2D eigenvalue weighted by atomic mass is 16.5. The van der Waals surface area contributed by atoms with Gasteiger partial charge in [0.15, 0.2) is 0 Å². The summed E-state index contributed by atoms with van der Waals surface area (Å²) in [6, 6.07) is 8.78. The van der Waals surface area contributed by atoms with Crippen molar-refractivity contribution >= 4 is 16.6 Å². The Kier molecular flexibility index (Phi) is 4.28.